The molecule has 1 atom stereocenters. The van der Waals surface area contributed by atoms with Crippen molar-refractivity contribution in [2.45, 2.75) is 31.0 Å². The van der Waals surface area contributed by atoms with Crippen LogP contribution in [0.15, 0.2) is 24.3 Å². The maximum absolute atomic E-state index is 12.4. The quantitative estimate of drug-likeness (QED) is 0.800. The van der Waals surface area contributed by atoms with E-state index in [9.17, 15) is 18.0 Å². The number of hydrogen-bond acceptors (Lipinski definition) is 4. The molecule has 0 aromatic heterocycles. The highest BCUT2D eigenvalue weighted by Gasteiger charge is 2.35. The lowest BCUT2D eigenvalue weighted by molar-refractivity contribution is -0.161. The fraction of sp³-hybridized carbons (Fsp3) is 0.562. The molecule has 23 heavy (non-hydrogen) atoms. The van der Waals surface area contributed by atoms with E-state index in [1.165, 1.54) is 4.90 Å². The number of benzene rings is 1. The molecule has 2 aliphatic rings. The number of carbonyl (C=O) groups is 1. The number of likely N-dealkylation sites (tertiary alicyclic amines) is 1. The van der Waals surface area contributed by atoms with Gasteiger partial charge in [-0.3, -0.25) is 9.69 Å². The van der Waals surface area contributed by atoms with Gasteiger partial charge in [0.2, 0.25) is 0 Å². The molecule has 2 heterocycles. The Kier molecular flexibility index (Phi) is 4.48. The summed E-state index contributed by atoms with van der Waals surface area (Å²) < 4.78 is 48.0. The molecule has 0 saturated carbocycles. The number of hydrogen-bond donors (Lipinski definition) is 0. The van der Waals surface area contributed by atoms with Gasteiger partial charge < -0.3 is 9.47 Å². The van der Waals surface area contributed by atoms with Crippen molar-refractivity contribution >= 4 is 5.97 Å². The first-order chi connectivity index (χ1) is 10.9. The molecule has 1 fully saturated rings. The number of para-hydroxylation sites is 1. The van der Waals surface area contributed by atoms with E-state index < -0.39 is 18.6 Å². The van der Waals surface area contributed by atoms with Gasteiger partial charge >= 0.3 is 12.1 Å². The Bertz CT molecular complexity index is 568. The molecule has 2 aliphatic heterocycles. The zero-order chi connectivity index (χ0) is 16.4. The van der Waals surface area contributed by atoms with Gasteiger partial charge in [-0.25, -0.2) is 0 Å². The van der Waals surface area contributed by atoms with Crippen molar-refractivity contribution in [2.75, 3.05) is 26.2 Å². The van der Waals surface area contributed by atoms with Crippen molar-refractivity contribution in [3.8, 4) is 5.75 Å². The predicted molar refractivity (Wildman–Crippen MR) is 76.3 cm³/mol. The second-order valence-corrected chi connectivity index (χ2v) is 5.93. The van der Waals surface area contributed by atoms with Gasteiger partial charge in [0, 0.05) is 18.7 Å². The third-order valence-electron chi connectivity index (χ3n) is 4.20. The number of rotatable bonds is 3. The molecule has 0 aliphatic carbocycles. The predicted octanol–water partition coefficient (Wildman–Crippen LogP) is 2.73. The van der Waals surface area contributed by atoms with Gasteiger partial charge in [-0.2, -0.15) is 13.2 Å². The van der Waals surface area contributed by atoms with Gasteiger partial charge in [0.15, 0.2) is 0 Å². The molecular weight excluding hydrogens is 311 g/mol. The van der Waals surface area contributed by atoms with Crippen LogP contribution in [0.1, 0.15) is 24.3 Å². The van der Waals surface area contributed by atoms with Crippen LogP contribution in [0, 0.1) is 0 Å². The summed E-state index contributed by atoms with van der Waals surface area (Å²) in [6.45, 7) is -0.0764. The topological polar surface area (TPSA) is 38.8 Å². The Morgan fingerprint density at radius 3 is 2.65 bits per heavy atom. The van der Waals surface area contributed by atoms with Crippen LogP contribution in [-0.2, 0) is 9.53 Å². The van der Waals surface area contributed by atoms with E-state index in [0.29, 0.717) is 18.6 Å². The summed E-state index contributed by atoms with van der Waals surface area (Å²) in [6.07, 6.45) is -3.65. The number of esters is 1. The highest BCUT2D eigenvalue weighted by molar-refractivity contribution is 5.80. The molecule has 126 valence electrons. The van der Waals surface area contributed by atoms with Crippen LogP contribution in [0.2, 0.25) is 0 Å². The molecule has 0 radical (unpaired) electrons. The number of piperidine rings is 1. The summed E-state index contributed by atoms with van der Waals surface area (Å²) in [5.41, 5.74) is 0.812. The highest BCUT2D eigenvalue weighted by Crippen LogP contribution is 2.34. The minimum atomic E-state index is -4.19. The van der Waals surface area contributed by atoms with Gasteiger partial charge in [-0.15, -0.1) is 0 Å². The first-order valence-electron chi connectivity index (χ1n) is 7.64. The number of alkyl halides is 3. The lowest BCUT2D eigenvalue weighted by Crippen LogP contribution is -2.42. The smallest absolute Gasteiger partial charge is 0.401 e. The number of fused-ring (bicyclic) bond motifs is 1. The largest absolute Gasteiger partial charge is 0.492 e. The lowest BCUT2D eigenvalue weighted by atomic mass is 10.0. The van der Waals surface area contributed by atoms with Crippen molar-refractivity contribution in [3.05, 3.63) is 29.8 Å². The fourth-order valence-electron chi connectivity index (χ4n) is 3.04. The summed E-state index contributed by atoms with van der Waals surface area (Å²) in [6, 6.07) is 7.31. The molecular formula is C16H18F3NO3. The Hall–Kier alpha value is -1.76. The van der Waals surface area contributed by atoms with Gasteiger partial charge in [0.05, 0.1) is 6.54 Å². The van der Waals surface area contributed by atoms with Crippen molar-refractivity contribution in [3.63, 3.8) is 0 Å². The minimum Gasteiger partial charge on any atom is -0.492 e. The van der Waals surface area contributed by atoms with Crippen LogP contribution >= 0.6 is 0 Å². The molecule has 1 unspecified atom stereocenters. The van der Waals surface area contributed by atoms with E-state index in [-0.39, 0.29) is 31.8 Å². The van der Waals surface area contributed by atoms with E-state index in [1.54, 1.807) is 6.07 Å². The normalized spacial score (nSPS) is 22.5. The third-order valence-corrected chi connectivity index (χ3v) is 4.20. The Labute approximate surface area is 132 Å². The van der Waals surface area contributed by atoms with Crippen molar-refractivity contribution in [1.29, 1.82) is 0 Å². The zero-order valence-electron chi connectivity index (χ0n) is 12.5. The molecule has 4 nitrogen and oxygen atoms in total. The molecule has 3 rings (SSSR count). The maximum atomic E-state index is 12.4. The zero-order valence-corrected chi connectivity index (χ0v) is 12.5. The van der Waals surface area contributed by atoms with Crippen LogP contribution in [-0.4, -0.2) is 49.4 Å². The fourth-order valence-corrected chi connectivity index (χ4v) is 3.04. The molecule has 7 heteroatoms. The van der Waals surface area contributed by atoms with Crippen LogP contribution in [0.25, 0.3) is 0 Å². The molecule has 1 saturated heterocycles. The molecule has 0 bridgehead atoms. The highest BCUT2D eigenvalue weighted by atomic mass is 19.4. The molecule has 1 aromatic carbocycles. The van der Waals surface area contributed by atoms with Gasteiger partial charge in [-0.05, 0) is 18.9 Å². The summed E-state index contributed by atoms with van der Waals surface area (Å²) in [5.74, 6) is -0.113. The first kappa shape index (κ1) is 16.1. The van der Waals surface area contributed by atoms with Crippen LogP contribution < -0.4 is 4.74 Å². The summed E-state index contributed by atoms with van der Waals surface area (Å²) in [5, 5.41) is 0. The number of nitrogens with zero attached hydrogens (tertiary/aromatic N) is 1. The van der Waals surface area contributed by atoms with E-state index in [1.807, 2.05) is 18.2 Å². The summed E-state index contributed by atoms with van der Waals surface area (Å²) >= 11 is 0. The van der Waals surface area contributed by atoms with Crippen LogP contribution in [0.4, 0.5) is 13.2 Å². The maximum Gasteiger partial charge on any atom is 0.401 e. The standard InChI is InChI=1S/C16H18F3NO3/c17-16(18,19)10-20-7-5-11(6-8-20)23-15(21)13-9-22-14-4-2-1-3-12(13)14/h1-4,11,13H,5-10H2. The average Bonchev–Trinajstić information content (AvgIpc) is 2.92. The first-order valence-corrected chi connectivity index (χ1v) is 7.64. The molecule has 0 N–H and O–H groups in total. The van der Waals surface area contributed by atoms with Crippen LogP contribution in [0.5, 0.6) is 5.75 Å². The lowest BCUT2D eigenvalue weighted by Gasteiger charge is -2.32. The monoisotopic (exact) mass is 329 g/mol. The van der Waals surface area contributed by atoms with Crippen molar-refractivity contribution in [1.82, 2.24) is 4.90 Å². The Morgan fingerprint density at radius 2 is 1.96 bits per heavy atom. The Balaban J connectivity index is 1.51. The molecule has 0 amide bonds. The van der Waals surface area contributed by atoms with Gasteiger partial charge in [0.1, 0.15) is 24.4 Å². The number of halogens is 3. The van der Waals surface area contributed by atoms with E-state index in [0.717, 1.165) is 5.56 Å². The van der Waals surface area contributed by atoms with Crippen molar-refractivity contribution in [2.24, 2.45) is 0 Å². The SMILES string of the molecule is O=C(OC1CCN(CC(F)(F)F)CC1)C1COc2ccccc21. The van der Waals surface area contributed by atoms with E-state index in [4.69, 9.17) is 9.47 Å². The summed E-state index contributed by atoms with van der Waals surface area (Å²) in [7, 11) is 0. The van der Waals surface area contributed by atoms with E-state index in [2.05, 4.69) is 0 Å². The second-order valence-electron chi connectivity index (χ2n) is 5.93. The summed E-state index contributed by atoms with van der Waals surface area (Å²) in [4.78, 5) is 13.6. The second kappa shape index (κ2) is 6.39. The Morgan fingerprint density at radius 1 is 1.26 bits per heavy atom. The van der Waals surface area contributed by atoms with Crippen LogP contribution in [0.3, 0.4) is 0 Å². The number of carbonyl (C=O) groups excluding carboxylic acids is 1. The van der Waals surface area contributed by atoms with Gasteiger partial charge in [0.25, 0.3) is 0 Å². The van der Waals surface area contributed by atoms with Crippen molar-refractivity contribution < 1.29 is 27.4 Å². The van der Waals surface area contributed by atoms with Gasteiger partial charge in [-0.1, -0.05) is 18.2 Å². The average molecular weight is 329 g/mol. The molecule has 0 spiro atoms. The van der Waals surface area contributed by atoms with E-state index >= 15 is 0 Å². The minimum absolute atomic E-state index is 0.255. The molecule has 1 aromatic rings. The number of ether oxygens (including phenoxy) is 2. The third kappa shape index (κ3) is 3.96.